The van der Waals surface area contributed by atoms with Crippen LogP contribution < -0.4 is 5.73 Å². The maximum Gasteiger partial charge on any atom is 0.105 e. The van der Waals surface area contributed by atoms with Crippen molar-refractivity contribution in [3.05, 3.63) is 48.0 Å². The fourth-order valence-electron chi connectivity index (χ4n) is 2.60. The van der Waals surface area contributed by atoms with Crippen molar-refractivity contribution in [2.75, 3.05) is 12.3 Å². The second-order valence-electron chi connectivity index (χ2n) is 5.57. The molecule has 0 unspecified atom stereocenters. The Bertz CT molecular complexity index is 571. The standard InChI is InChI=1S/C16H22N4/c1-13-18-8-9-19(13)10-11-20(15-6-7-15)12-14-4-2-3-5-16(14)17/h2-5,8-9,15H,6-7,10-12,17H2,1H3. The van der Waals surface area contributed by atoms with Crippen LogP contribution in [0.4, 0.5) is 5.69 Å². The molecule has 106 valence electrons. The van der Waals surface area contributed by atoms with E-state index in [9.17, 15) is 0 Å². The third kappa shape index (κ3) is 3.02. The molecule has 0 spiro atoms. The summed E-state index contributed by atoms with van der Waals surface area (Å²) >= 11 is 0. The fourth-order valence-corrected chi connectivity index (χ4v) is 2.60. The van der Waals surface area contributed by atoms with Gasteiger partial charge in [-0.25, -0.2) is 4.98 Å². The van der Waals surface area contributed by atoms with Gasteiger partial charge in [-0.15, -0.1) is 0 Å². The van der Waals surface area contributed by atoms with Gasteiger partial charge in [0.1, 0.15) is 5.82 Å². The lowest BCUT2D eigenvalue weighted by atomic mass is 10.1. The van der Waals surface area contributed by atoms with Gasteiger partial charge in [-0.1, -0.05) is 18.2 Å². The summed E-state index contributed by atoms with van der Waals surface area (Å²) in [5.41, 5.74) is 8.20. The number of aryl methyl sites for hydroxylation is 1. The molecular formula is C16H22N4. The van der Waals surface area contributed by atoms with E-state index in [0.29, 0.717) is 0 Å². The highest BCUT2D eigenvalue weighted by Crippen LogP contribution is 2.29. The largest absolute Gasteiger partial charge is 0.398 e. The summed E-state index contributed by atoms with van der Waals surface area (Å²) < 4.78 is 2.21. The van der Waals surface area contributed by atoms with Crippen LogP contribution >= 0.6 is 0 Å². The van der Waals surface area contributed by atoms with Crippen LogP contribution in [0, 0.1) is 6.92 Å². The van der Waals surface area contributed by atoms with Crippen molar-refractivity contribution < 1.29 is 0 Å². The molecule has 0 radical (unpaired) electrons. The molecule has 1 aliphatic rings. The Kier molecular flexibility index (Phi) is 3.74. The zero-order valence-electron chi connectivity index (χ0n) is 12.0. The molecule has 0 saturated heterocycles. The zero-order chi connectivity index (χ0) is 13.9. The number of imidazole rings is 1. The predicted molar refractivity (Wildman–Crippen MR) is 81.3 cm³/mol. The van der Waals surface area contributed by atoms with Crippen LogP contribution in [0.5, 0.6) is 0 Å². The topological polar surface area (TPSA) is 47.1 Å². The van der Waals surface area contributed by atoms with E-state index in [1.54, 1.807) is 0 Å². The number of hydrogen-bond acceptors (Lipinski definition) is 3. The molecule has 0 atom stereocenters. The zero-order valence-corrected chi connectivity index (χ0v) is 12.0. The van der Waals surface area contributed by atoms with Crippen LogP contribution in [0.3, 0.4) is 0 Å². The van der Waals surface area contributed by atoms with E-state index in [0.717, 1.165) is 37.2 Å². The number of hydrogen-bond donors (Lipinski definition) is 1. The minimum Gasteiger partial charge on any atom is -0.398 e. The highest BCUT2D eigenvalue weighted by molar-refractivity contribution is 5.46. The normalized spacial score (nSPS) is 14.9. The summed E-state index contributed by atoms with van der Waals surface area (Å²) in [6.45, 7) is 5.05. The predicted octanol–water partition coefficient (Wildman–Crippen LogP) is 2.44. The Balaban J connectivity index is 1.64. The lowest BCUT2D eigenvalue weighted by Gasteiger charge is -2.23. The van der Waals surface area contributed by atoms with Crippen molar-refractivity contribution in [1.29, 1.82) is 0 Å². The van der Waals surface area contributed by atoms with Crippen molar-refractivity contribution >= 4 is 5.69 Å². The maximum absolute atomic E-state index is 6.06. The van der Waals surface area contributed by atoms with E-state index in [2.05, 4.69) is 39.7 Å². The SMILES string of the molecule is Cc1nccn1CCN(Cc1ccccc1N)C1CC1. The molecule has 0 aliphatic heterocycles. The van der Waals surface area contributed by atoms with Gasteiger partial charge in [-0.05, 0) is 31.4 Å². The van der Waals surface area contributed by atoms with Crippen LogP contribution in [-0.4, -0.2) is 27.0 Å². The van der Waals surface area contributed by atoms with Gasteiger partial charge >= 0.3 is 0 Å². The number of nitrogen functional groups attached to an aromatic ring is 1. The molecule has 0 bridgehead atoms. The van der Waals surface area contributed by atoms with Gasteiger partial charge in [0, 0.05) is 43.8 Å². The molecule has 3 rings (SSSR count). The van der Waals surface area contributed by atoms with Crippen molar-refractivity contribution in [2.45, 2.75) is 38.9 Å². The van der Waals surface area contributed by atoms with Gasteiger partial charge in [0.05, 0.1) is 0 Å². The van der Waals surface area contributed by atoms with Crippen LogP contribution in [0.15, 0.2) is 36.7 Å². The van der Waals surface area contributed by atoms with Crippen molar-refractivity contribution in [3.8, 4) is 0 Å². The highest BCUT2D eigenvalue weighted by Gasteiger charge is 2.28. The first-order chi connectivity index (χ1) is 9.74. The Morgan fingerprint density at radius 1 is 1.35 bits per heavy atom. The number of para-hydroxylation sites is 1. The van der Waals surface area contributed by atoms with Crippen molar-refractivity contribution in [2.24, 2.45) is 0 Å². The summed E-state index contributed by atoms with van der Waals surface area (Å²) in [7, 11) is 0. The summed E-state index contributed by atoms with van der Waals surface area (Å²) in [6.07, 6.45) is 6.55. The number of rotatable bonds is 6. The van der Waals surface area contributed by atoms with E-state index in [4.69, 9.17) is 5.73 Å². The minimum absolute atomic E-state index is 0.735. The van der Waals surface area contributed by atoms with Gasteiger partial charge in [-0.3, -0.25) is 4.90 Å². The third-order valence-corrected chi connectivity index (χ3v) is 4.04. The lowest BCUT2D eigenvalue weighted by Crippen LogP contribution is -2.29. The first-order valence-electron chi connectivity index (χ1n) is 7.29. The van der Waals surface area contributed by atoms with Crippen LogP contribution in [0.1, 0.15) is 24.2 Å². The second kappa shape index (κ2) is 5.67. The van der Waals surface area contributed by atoms with Crippen molar-refractivity contribution in [1.82, 2.24) is 14.5 Å². The summed E-state index contributed by atoms with van der Waals surface area (Å²) in [6, 6.07) is 8.91. The second-order valence-corrected chi connectivity index (χ2v) is 5.57. The Hall–Kier alpha value is -1.81. The van der Waals surface area contributed by atoms with Crippen LogP contribution in [-0.2, 0) is 13.1 Å². The smallest absolute Gasteiger partial charge is 0.105 e. The summed E-state index contributed by atoms with van der Waals surface area (Å²) in [5.74, 6) is 1.08. The molecule has 4 nitrogen and oxygen atoms in total. The number of nitrogens with zero attached hydrogens (tertiary/aromatic N) is 3. The average molecular weight is 270 g/mol. The number of nitrogens with two attached hydrogens (primary N) is 1. The molecule has 2 N–H and O–H groups in total. The molecule has 1 aromatic heterocycles. The molecular weight excluding hydrogens is 248 g/mol. The molecule has 2 aromatic rings. The van der Waals surface area contributed by atoms with Gasteiger partial charge in [0.2, 0.25) is 0 Å². The Morgan fingerprint density at radius 2 is 2.15 bits per heavy atom. The summed E-state index contributed by atoms with van der Waals surface area (Å²) in [5, 5.41) is 0. The van der Waals surface area contributed by atoms with Crippen molar-refractivity contribution in [3.63, 3.8) is 0 Å². The molecule has 1 heterocycles. The van der Waals surface area contributed by atoms with Gasteiger partial charge in [-0.2, -0.15) is 0 Å². The van der Waals surface area contributed by atoms with E-state index in [-0.39, 0.29) is 0 Å². The molecule has 1 aromatic carbocycles. The fraction of sp³-hybridized carbons (Fsp3) is 0.438. The number of anilines is 1. The first-order valence-corrected chi connectivity index (χ1v) is 7.29. The molecule has 20 heavy (non-hydrogen) atoms. The highest BCUT2D eigenvalue weighted by atomic mass is 15.2. The van der Waals surface area contributed by atoms with Crippen LogP contribution in [0.25, 0.3) is 0 Å². The van der Waals surface area contributed by atoms with Gasteiger partial charge in [0.15, 0.2) is 0 Å². The first kappa shape index (κ1) is 13.2. The maximum atomic E-state index is 6.06. The average Bonchev–Trinajstić information content (AvgIpc) is 3.20. The third-order valence-electron chi connectivity index (χ3n) is 4.04. The number of aromatic nitrogens is 2. The minimum atomic E-state index is 0.735. The van der Waals surface area contributed by atoms with E-state index >= 15 is 0 Å². The molecule has 4 heteroatoms. The Labute approximate surface area is 120 Å². The summed E-state index contributed by atoms with van der Waals surface area (Å²) in [4.78, 5) is 6.82. The molecule has 1 fully saturated rings. The Morgan fingerprint density at radius 3 is 2.80 bits per heavy atom. The van der Waals surface area contributed by atoms with Gasteiger partial charge in [0.25, 0.3) is 0 Å². The number of benzene rings is 1. The monoisotopic (exact) mass is 270 g/mol. The molecule has 1 saturated carbocycles. The van der Waals surface area contributed by atoms with Gasteiger partial charge < -0.3 is 10.3 Å². The van der Waals surface area contributed by atoms with E-state index in [1.165, 1.54) is 18.4 Å². The van der Waals surface area contributed by atoms with E-state index in [1.807, 2.05) is 18.3 Å². The van der Waals surface area contributed by atoms with E-state index < -0.39 is 0 Å². The van der Waals surface area contributed by atoms with Crippen LogP contribution in [0.2, 0.25) is 0 Å². The molecule has 1 aliphatic carbocycles. The lowest BCUT2D eigenvalue weighted by molar-refractivity contribution is 0.244. The quantitative estimate of drug-likeness (QED) is 0.820. The molecule has 0 amide bonds.